The van der Waals surface area contributed by atoms with E-state index in [1.807, 2.05) is 6.33 Å². The zero-order chi connectivity index (χ0) is 12.1. The van der Waals surface area contributed by atoms with E-state index in [1.54, 1.807) is 11.1 Å². The van der Waals surface area contributed by atoms with Crippen LogP contribution >= 0.6 is 0 Å². The number of fused-ring (bicyclic) bond motifs is 3. The first-order valence-electron chi connectivity index (χ1n) is 6.85. The SMILES string of the molecule is CCn1cnnc1C1C2CCc3ccccc3C21. The molecule has 1 aromatic heterocycles. The second-order valence-electron chi connectivity index (χ2n) is 5.43. The van der Waals surface area contributed by atoms with E-state index >= 15 is 0 Å². The van der Waals surface area contributed by atoms with Crippen LogP contribution in [0.1, 0.15) is 42.1 Å². The molecule has 0 saturated heterocycles. The molecule has 3 heteroatoms. The van der Waals surface area contributed by atoms with Crippen LogP contribution in [0, 0.1) is 5.92 Å². The monoisotopic (exact) mass is 239 g/mol. The maximum Gasteiger partial charge on any atom is 0.136 e. The maximum atomic E-state index is 4.36. The van der Waals surface area contributed by atoms with Crippen molar-refractivity contribution in [3.63, 3.8) is 0 Å². The van der Waals surface area contributed by atoms with E-state index in [0.717, 1.165) is 12.5 Å². The summed E-state index contributed by atoms with van der Waals surface area (Å²) in [4.78, 5) is 0. The van der Waals surface area contributed by atoms with Crippen molar-refractivity contribution in [3.05, 3.63) is 47.5 Å². The highest BCUT2D eigenvalue weighted by Gasteiger charge is 2.55. The fraction of sp³-hybridized carbons (Fsp3) is 0.467. The summed E-state index contributed by atoms with van der Waals surface area (Å²) in [6, 6.07) is 8.91. The average molecular weight is 239 g/mol. The van der Waals surface area contributed by atoms with Crippen molar-refractivity contribution < 1.29 is 0 Å². The summed E-state index contributed by atoms with van der Waals surface area (Å²) < 4.78 is 2.20. The molecule has 2 aromatic rings. The molecule has 0 amide bonds. The zero-order valence-corrected chi connectivity index (χ0v) is 10.6. The van der Waals surface area contributed by atoms with Crippen LogP contribution in [0.15, 0.2) is 30.6 Å². The molecule has 0 N–H and O–H groups in total. The molecule has 2 aliphatic carbocycles. The summed E-state index contributed by atoms with van der Waals surface area (Å²) in [6.07, 6.45) is 4.41. The van der Waals surface area contributed by atoms with E-state index in [2.05, 4.69) is 46.0 Å². The van der Waals surface area contributed by atoms with Crippen LogP contribution in [-0.4, -0.2) is 14.8 Å². The predicted molar refractivity (Wildman–Crippen MR) is 69.4 cm³/mol. The largest absolute Gasteiger partial charge is 0.318 e. The second kappa shape index (κ2) is 3.67. The number of hydrogen-bond donors (Lipinski definition) is 0. The average Bonchev–Trinajstić information content (AvgIpc) is 2.98. The molecule has 3 nitrogen and oxygen atoms in total. The van der Waals surface area contributed by atoms with Gasteiger partial charge in [0.15, 0.2) is 0 Å². The van der Waals surface area contributed by atoms with Crippen LogP contribution in [-0.2, 0) is 13.0 Å². The Hall–Kier alpha value is -1.64. The molecule has 1 saturated carbocycles. The molecule has 0 aliphatic heterocycles. The summed E-state index contributed by atoms with van der Waals surface area (Å²) in [5.41, 5.74) is 3.10. The van der Waals surface area contributed by atoms with Crippen molar-refractivity contribution in [1.29, 1.82) is 0 Å². The molecule has 3 atom stereocenters. The normalized spacial score (nSPS) is 28.6. The molecule has 18 heavy (non-hydrogen) atoms. The van der Waals surface area contributed by atoms with Gasteiger partial charge in [0.2, 0.25) is 0 Å². The topological polar surface area (TPSA) is 30.7 Å². The lowest BCUT2D eigenvalue weighted by Crippen LogP contribution is -2.00. The molecular formula is C15H17N3. The van der Waals surface area contributed by atoms with Gasteiger partial charge in [-0.3, -0.25) is 0 Å². The van der Waals surface area contributed by atoms with E-state index in [4.69, 9.17) is 0 Å². The number of benzene rings is 1. The zero-order valence-electron chi connectivity index (χ0n) is 10.6. The first-order valence-corrected chi connectivity index (χ1v) is 6.85. The summed E-state index contributed by atoms with van der Waals surface area (Å²) in [5.74, 6) is 3.30. The van der Waals surface area contributed by atoms with Gasteiger partial charge < -0.3 is 4.57 Å². The van der Waals surface area contributed by atoms with Crippen LogP contribution in [0.25, 0.3) is 0 Å². The van der Waals surface area contributed by atoms with Gasteiger partial charge in [-0.25, -0.2) is 0 Å². The molecule has 0 radical (unpaired) electrons. The van der Waals surface area contributed by atoms with Crippen molar-refractivity contribution in [1.82, 2.24) is 14.8 Å². The van der Waals surface area contributed by atoms with E-state index in [9.17, 15) is 0 Å². The van der Waals surface area contributed by atoms with Gasteiger partial charge in [0.25, 0.3) is 0 Å². The van der Waals surface area contributed by atoms with Crippen molar-refractivity contribution in [3.8, 4) is 0 Å². The van der Waals surface area contributed by atoms with Gasteiger partial charge in [0.05, 0.1) is 0 Å². The molecule has 1 aromatic carbocycles. The summed E-state index contributed by atoms with van der Waals surface area (Å²) >= 11 is 0. The van der Waals surface area contributed by atoms with Crippen LogP contribution < -0.4 is 0 Å². The second-order valence-corrected chi connectivity index (χ2v) is 5.43. The summed E-state index contributed by atoms with van der Waals surface area (Å²) in [7, 11) is 0. The van der Waals surface area contributed by atoms with Crippen LogP contribution in [0.3, 0.4) is 0 Å². The Morgan fingerprint density at radius 1 is 1.28 bits per heavy atom. The minimum Gasteiger partial charge on any atom is -0.318 e. The quantitative estimate of drug-likeness (QED) is 0.806. The number of aryl methyl sites for hydroxylation is 2. The Morgan fingerprint density at radius 2 is 2.17 bits per heavy atom. The Labute approximate surface area is 107 Å². The highest BCUT2D eigenvalue weighted by Crippen LogP contribution is 2.64. The van der Waals surface area contributed by atoms with E-state index < -0.39 is 0 Å². The lowest BCUT2D eigenvalue weighted by molar-refractivity contribution is 0.636. The Morgan fingerprint density at radius 3 is 3.06 bits per heavy atom. The van der Waals surface area contributed by atoms with Gasteiger partial charge >= 0.3 is 0 Å². The molecule has 0 bridgehead atoms. The van der Waals surface area contributed by atoms with Crippen LogP contribution in [0.5, 0.6) is 0 Å². The Balaban J connectivity index is 1.73. The number of rotatable bonds is 2. The fourth-order valence-corrected chi connectivity index (χ4v) is 3.68. The van der Waals surface area contributed by atoms with E-state index in [-0.39, 0.29) is 0 Å². The summed E-state index contributed by atoms with van der Waals surface area (Å²) in [6.45, 7) is 3.13. The highest BCUT2D eigenvalue weighted by atomic mass is 15.3. The van der Waals surface area contributed by atoms with Gasteiger partial charge in [0, 0.05) is 12.5 Å². The van der Waals surface area contributed by atoms with Crippen molar-refractivity contribution in [2.45, 2.75) is 38.1 Å². The molecule has 1 fully saturated rings. The van der Waals surface area contributed by atoms with Crippen LogP contribution in [0.4, 0.5) is 0 Å². The summed E-state index contributed by atoms with van der Waals surface area (Å²) in [5, 5.41) is 8.44. The molecular weight excluding hydrogens is 222 g/mol. The molecule has 92 valence electrons. The van der Waals surface area contributed by atoms with E-state index in [1.165, 1.54) is 18.7 Å². The van der Waals surface area contributed by atoms with Crippen molar-refractivity contribution >= 4 is 0 Å². The Bertz CT molecular complexity index is 587. The van der Waals surface area contributed by atoms with Gasteiger partial charge in [-0.05, 0) is 42.7 Å². The highest BCUT2D eigenvalue weighted by molar-refractivity contribution is 5.43. The van der Waals surface area contributed by atoms with Crippen LogP contribution in [0.2, 0.25) is 0 Å². The van der Waals surface area contributed by atoms with Crippen molar-refractivity contribution in [2.24, 2.45) is 5.92 Å². The molecule has 1 heterocycles. The van der Waals surface area contributed by atoms with Gasteiger partial charge in [-0.15, -0.1) is 10.2 Å². The maximum absolute atomic E-state index is 4.36. The van der Waals surface area contributed by atoms with Crippen molar-refractivity contribution in [2.75, 3.05) is 0 Å². The number of aromatic nitrogens is 3. The minimum absolute atomic E-state index is 0.607. The smallest absolute Gasteiger partial charge is 0.136 e. The van der Waals surface area contributed by atoms with Gasteiger partial charge in [-0.1, -0.05) is 24.3 Å². The molecule has 4 rings (SSSR count). The third-order valence-corrected chi connectivity index (χ3v) is 4.61. The number of nitrogens with zero attached hydrogens (tertiary/aromatic N) is 3. The standard InChI is InChI=1S/C15H17N3/c1-2-18-9-16-17-15(18)14-12-8-7-10-5-3-4-6-11(10)13(12)14/h3-6,9,12-14H,2,7-8H2,1H3. The first-order chi connectivity index (χ1) is 8.90. The third kappa shape index (κ3) is 1.30. The van der Waals surface area contributed by atoms with E-state index in [0.29, 0.717) is 11.8 Å². The lowest BCUT2D eigenvalue weighted by atomic mass is 9.92. The molecule has 2 aliphatic rings. The molecule has 3 unspecified atom stereocenters. The first kappa shape index (κ1) is 10.3. The molecule has 0 spiro atoms. The third-order valence-electron chi connectivity index (χ3n) is 4.61. The van der Waals surface area contributed by atoms with Gasteiger partial charge in [-0.2, -0.15) is 0 Å². The van der Waals surface area contributed by atoms with Gasteiger partial charge in [0.1, 0.15) is 12.2 Å². The lowest BCUT2D eigenvalue weighted by Gasteiger charge is -2.13. The number of hydrogen-bond acceptors (Lipinski definition) is 2. The predicted octanol–water partition coefficient (Wildman–Crippen LogP) is 2.74. The Kier molecular flexibility index (Phi) is 2.10. The fourth-order valence-electron chi connectivity index (χ4n) is 3.68. The minimum atomic E-state index is 0.607.